The van der Waals surface area contributed by atoms with E-state index in [4.69, 9.17) is 14.2 Å². The van der Waals surface area contributed by atoms with Crippen LogP contribution in [0.3, 0.4) is 0 Å². The molecule has 106 valence electrons. The molecule has 0 saturated carbocycles. The average molecular weight is 329 g/mol. The molecule has 0 bridgehead atoms. The highest BCUT2D eigenvalue weighted by Crippen LogP contribution is 2.25. The summed E-state index contributed by atoms with van der Waals surface area (Å²) in [6.45, 7) is 2.55. The van der Waals surface area contributed by atoms with Crippen molar-refractivity contribution in [2.75, 3.05) is 32.3 Å². The molecule has 1 aromatic carbocycles. The van der Waals surface area contributed by atoms with E-state index in [-0.39, 0.29) is 6.10 Å². The van der Waals surface area contributed by atoms with Crippen molar-refractivity contribution in [2.45, 2.75) is 18.9 Å². The lowest BCUT2D eigenvalue weighted by atomic mass is 10.0. The zero-order valence-corrected chi connectivity index (χ0v) is 12.9. The van der Waals surface area contributed by atoms with Gasteiger partial charge >= 0.3 is 0 Å². The van der Waals surface area contributed by atoms with Crippen LogP contribution >= 0.6 is 15.9 Å². The lowest BCUT2D eigenvalue weighted by Crippen LogP contribution is -2.21. The Morgan fingerprint density at radius 3 is 2.53 bits per heavy atom. The molecule has 1 heterocycles. The van der Waals surface area contributed by atoms with Gasteiger partial charge < -0.3 is 14.2 Å². The fourth-order valence-electron chi connectivity index (χ4n) is 2.21. The number of benzene rings is 1. The summed E-state index contributed by atoms with van der Waals surface area (Å²) in [6.07, 6.45) is 2.32. The van der Waals surface area contributed by atoms with Crippen LogP contribution in [-0.2, 0) is 9.47 Å². The van der Waals surface area contributed by atoms with Gasteiger partial charge in [-0.25, -0.2) is 0 Å². The second kappa shape index (κ2) is 7.88. The van der Waals surface area contributed by atoms with Crippen LogP contribution in [-0.4, -0.2) is 32.3 Å². The number of hydrogen-bond donors (Lipinski definition) is 0. The summed E-state index contributed by atoms with van der Waals surface area (Å²) in [7, 11) is 1.68. The Bertz CT molecular complexity index is 360. The summed E-state index contributed by atoms with van der Waals surface area (Å²) in [6, 6.07) is 8.08. The van der Waals surface area contributed by atoms with Crippen LogP contribution in [0.4, 0.5) is 0 Å². The van der Waals surface area contributed by atoms with Crippen molar-refractivity contribution in [1.82, 2.24) is 0 Å². The largest absolute Gasteiger partial charge is 0.497 e. The van der Waals surface area contributed by atoms with E-state index in [0.29, 0.717) is 5.92 Å². The lowest BCUT2D eigenvalue weighted by Gasteiger charge is -2.24. The predicted octanol–water partition coefficient (Wildman–Crippen LogP) is 3.57. The van der Waals surface area contributed by atoms with Gasteiger partial charge in [-0.3, -0.25) is 0 Å². The molecule has 1 atom stereocenters. The van der Waals surface area contributed by atoms with Gasteiger partial charge in [-0.05, 0) is 36.5 Å². The normalized spacial score (nSPS) is 18.2. The third-order valence-corrected chi connectivity index (χ3v) is 4.09. The Balaban J connectivity index is 1.87. The molecule has 3 nitrogen and oxygen atoms in total. The first-order valence-electron chi connectivity index (χ1n) is 6.72. The molecular weight excluding hydrogens is 308 g/mol. The molecule has 1 unspecified atom stereocenters. The number of methoxy groups -OCH3 is 1. The SMILES string of the molecule is COc1ccc(C(CBr)OCC2CCOCC2)cc1. The highest BCUT2D eigenvalue weighted by Gasteiger charge is 2.17. The van der Waals surface area contributed by atoms with Crippen LogP contribution < -0.4 is 4.74 Å². The predicted molar refractivity (Wildman–Crippen MR) is 79.0 cm³/mol. The molecule has 0 radical (unpaired) electrons. The third-order valence-electron chi connectivity index (χ3n) is 3.50. The Hall–Kier alpha value is -0.580. The van der Waals surface area contributed by atoms with Crippen LogP contribution in [0.1, 0.15) is 24.5 Å². The maximum Gasteiger partial charge on any atom is 0.118 e. The van der Waals surface area contributed by atoms with Gasteiger partial charge in [-0.1, -0.05) is 28.1 Å². The quantitative estimate of drug-likeness (QED) is 0.747. The monoisotopic (exact) mass is 328 g/mol. The standard InChI is InChI=1S/C15H21BrO3/c1-17-14-4-2-13(3-5-14)15(10-16)19-11-12-6-8-18-9-7-12/h2-5,12,15H,6-11H2,1H3. The second-order valence-corrected chi connectivity index (χ2v) is 5.45. The smallest absolute Gasteiger partial charge is 0.118 e. The van der Waals surface area contributed by atoms with Crippen LogP contribution in [0.25, 0.3) is 0 Å². The Kier molecular flexibility index (Phi) is 6.14. The third kappa shape index (κ3) is 4.48. The zero-order valence-electron chi connectivity index (χ0n) is 11.3. The van der Waals surface area contributed by atoms with Gasteiger partial charge in [-0.2, -0.15) is 0 Å². The first-order valence-corrected chi connectivity index (χ1v) is 7.85. The molecule has 0 N–H and O–H groups in total. The van der Waals surface area contributed by atoms with E-state index in [1.165, 1.54) is 5.56 Å². The number of halogens is 1. The van der Waals surface area contributed by atoms with Crippen molar-refractivity contribution in [3.05, 3.63) is 29.8 Å². The molecule has 1 saturated heterocycles. The van der Waals surface area contributed by atoms with Gasteiger partial charge in [-0.15, -0.1) is 0 Å². The van der Waals surface area contributed by atoms with Crippen molar-refractivity contribution in [3.8, 4) is 5.75 Å². The minimum absolute atomic E-state index is 0.105. The molecular formula is C15H21BrO3. The van der Waals surface area contributed by atoms with Crippen molar-refractivity contribution < 1.29 is 14.2 Å². The van der Waals surface area contributed by atoms with Crippen molar-refractivity contribution >= 4 is 15.9 Å². The zero-order chi connectivity index (χ0) is 13.5. The topological polar surface area (TPSA) is 27.7 Å². The number of ether oxygens (including phenoxy) is 3. The first-order chi connectivity index (χ1) is 9.33. The van der Waals surface area contributed by atoms with E-state index in [0.717, 1.165) is 43.7 Å². The minimum Gasteiger partial charge on any atom is -0.497 e. The molecule has 1 fully saturated rings. The highest BCUT2D eigenvalue weighted by atomic mass is 79.9. The second-order valence-electron chi connectivity index (χ2n) is 4.81. The first kappa shape index (κ1) is 14.8. The molecule has 1 aliphatic heterocycles. The van der Waals surface area contributed by atoms with E-state index < -0.39 is 0 Å². The molecule has 0 aliphatic carbocycles. The van der Waals surface area contributed by atoms with E-state index in [1.807, 2.05) is 12.1 Å². The lowest BCUT2D eigenvalue weighted by molar-refractivity contribution is -0.00374. The molecule has 2 rings (SSSR count). The van der Waals surface area contributed by atoms with Gasteiger partial charge in [0.25, 0.3) is 0 Å². The van der Waals surface area contributed by atoms with Crippen molar-refractivity contribution in [1.29, 1.82) is 0 Å². The van der Waals surface area contributed by atoms with E-state index in [2.05, 4.69) is 28.1 Å². The molecule has 0 amide bonds. The van der Waals surface area contributed by atoms with Crippen LogP contribution in [0, 0.1) is 5.92 Å². The number of rotatable bonds is 6. The Labute approximate surface area is 123 Å². The molecule has 0 aromatic heterocycles. The fraction of sp³-hybridized carbons (Fsp3) is 0.600. The van der Waals surface area contributed by atoms with E-state index in [9.17, 15) is 0 Å². The highest BCUT2D eigenvalue weighted by molar-refractivity contribution is 9.09. The van der Waals surface area contributed by atoms with Gasteiger partial charge in [0.05, 0.1) is 19.8 Å². The molecule has 1 aromatic rings. The summed E-state index contributed by atoms with van der Waals surface area (Å²) >= 11 is 3.53. The van der Waals surface area contributed by atoms with Crippen LogP contribution in [0.2, 0.25) is 0 Å². The number of alkyl halides is 1. The van der Waals surface area contributed by atoms with Crippen molar-refractivity contribution in [3.63, 3.8) is 0 Å². The summed E-state index contributed by atoms with van der Waals surface area (Å²) < 4.78 is 16.6. The summed E-state index contributed by atoms with van der Waals surface area (Å²) in [5, 5.41) is 0.808. The van der Waals surface area contributed by atoms with E-state index in [1.54, 1.807) is 7.11 Å². The van der Waals surface area contributed by atoms with E-state index >= 15 is 0 Å². The Morgan fingerprint density at radius 2 is 1.95 bits per heavy atom. The summed E-state index contributed by atoms with van der Waals surface area (Å²) in [5.74, 6) is 1.51. The van der Waals surface area contributed by atoms with Crippen LogP contribution in [0.5, 0.6) is 5.75 Å². The van der Waals surface area contributed by atoms with Gasteiger partial charge in [0.1, 0.15) is 5.75 Å². The minimum atomic E-state index is 0.105. The molecule has 1 aliphatic rings. The molecule has 0 spiro atoms. The van der Waals surface area contributed by atoms with Gasteiger partial charge in [0.2, 0.25) is 0 Å². The maximum atomic E-state index is 6.05. The van der Waals surface area contributed by atoms with Crippen LogP contribution in [0.15, 0.2) is 24.3 Å². The Morgan fingerprint density at radius 1 is 1.26 bits per heavy atom. The number of hydrogen-bond acceptors (Lipinski definition) is 3. The van der Waals surface area contributed by atoms with Gasteiger partial charge in [0, 0.05) is 18.5 Å². The average Bonchev–Trinajstić information content (AvgIpc) is 2.49. The summed E-state index contributed by atoms with van der Waals surface area (Å²) in [4.78, 5) is 0. The maximum absolute atomic E-state index is 6.05. The summed E-state index contributed by atoms with van der Waals surface area (Å²) in [5.41, 5.74) is 1.18. The van der Waals surface area contributed by atoms with Crippen molar-refractivity contribution in [2.24, 2.45) is 5.92 Å². The molecule has 19 heavy (non-hydrogen) atoms. The van der Waals surface area contributed by atoms with Gasteiger partial charge in [0.15, 0.2) is 0 Å². The fourth-order valence-corrected chi connectivity index (χ4v) is 2.77. The molecule has 4 heteroatoms.